The number of methoxy groups -OCH3 is 2. The molecule has 0 bridgehead atoms. The lowest BCUT2D eigenvalue weighted by molar-refractivity contribution is -0.131. The standard InChI is InChI=1S/C16H21N3O5/c1-9(2)14-15(21)19(16(22)18-14)8-13(20)17-10-5-11(23-3)7-12(6-10)24-4/h5-7,9,14H,8H2,1-4H3,(H,17,20)(H,18,22)/t14-/m0/s1. The maximum absolute atomic E-state index is 12.2. The van der Waals surface area contributed by atoms with E-state index in [9.17, 15) is 14.4 Å². The first-order valence-electron chi connectivity index (χ1n) is 7.50. The number of carbonyl (C=O) groups excluding carboxylic acids is 3. The normalized spacial score (nSPS) is 17.0. The molecule has 2 rings (SSSR count). The van der Waals surface area contributed by atoms with Crippen LogP contribution in [-0.4, -0.2) is 49.6 Å². The zero-order valence-electron chi connectivity index (χ0n) is 14.1. The first-order chi connectivity index (χ1) is 11.3. The molecule has 1 heterocycles. The summed E-state index contributed by atoms with van der Waals surface area (Å²) in [7, 11) is 3.00. The van der Waals surface area contributed by atoms with E-state index in [-0.39, 0.29) is 12.5 Å². The number of imide groups is 1. The Morgan fingerprint density at radius 3 is 2.25 bits per heavy atom. The van der Waals surface area contributed by atoms with Gasteiger partial charge < -0.3 is 20.1 Å². The highest BCUT2D eigenvalue weighted by atomic mass is 16.5. The molecule has 1 aromatic carbocycles. The van der Waals surface area contributed by atoms with Gasteiger partial charge in [0.1, 0.15) is 24.1 Å². The van der Waals surface area contributed by atoms with Crippen molar-refractivity contribution < 1.29 is 23.9 Å². The zero-order chi connectivity index (χ0) is 17.9. The van der Waals surface area contributed by atoms with Crippen molar-refractivity contribution in [3.63, 3.8) is 0 Å². The van der Waals surface area contributed by atoms with E-state index in [0.29, 0.717) is 17.2 Å². The fourth-order valence-corrected chi connectivity index (χ4v) is 2.37. The quantitative estimate of drug-likeness (QED) is 0.762. The molecular weight excluding hydrogens is 314 g/mol. The van der Waals surface area contributed by atoms with E-state index in [1.165, 1.54) is 14.2 Å². The van der Waals surface area contributed by atoms with Crippen LogP contribution in [0.2, 0.25) is 0 Å². The lowest BCUT2D eigenvalue weighted by atomic mass is 10.1. The second-order valence-corrected chi connectivity index (χ2v) is 5.75. The molecule has 4 amide bonds. The van der Waals surface area contributed by atoms with E-state index in [0.717, 1.165) is 4.90 Å². The van der Waals surface area contributed by atoms with Gasteiger partial charge in [-0.1, -0.05) is 13.8 Å². The molecule has 1 aromatic rings. The second kappa shape index (κ2) is 7.20. The van der Waals surface area contributed by atoms with Crippen LogP contribution in [0.4, 0.5) is 10.5 Å². The number of anilines is 1. The molecule has 130 valence electrons. The highest BCUT2D eigenvalue weighted by Crippen LogP contribution is 2.25. The summed E-state index contributed by atoms with van der Waals surface area (Å²) in [6.45, 7) is 3.30. The summed E-state index contributed by atoms with van der Waals surface area (Å²) in [5.74, 6) is 0.0998. The van der Waals surface area contributed by atoms with Crippen molar-refractivity contribution in [2.24, 2.45) is 5.92 Å². The lowest BCUT2D eigenvalue weighted by Crippen LogP contribution is -2.39. The highest BCUT2D eigenvalue weighted by Gasteiger charge is 2.40. The third-order valence-corrected chi connectivity index (χ3v) is 3.66. The first kappa shape index (κ1) is 17.6. The summed E-state index contributed by atoms with van der Waals surface area (Å²) >= 11 is 0. The van der Waals surface area contributed by atoms with Gasteiger partial charge in [-0.3, -0.25) is 14.5 Å². The fraction of sp³-hybridized carbons (Fsp3) is 0.438. The topological polar surface area (TPSA) is 97.0 Å². The Morgan fingerprint density at radius 2 is 1.79 bits per heavy atom. The molecule has 1 atom stereocenters. The maximum Gasteiger partial charge on any atom is 0.325 e. The number of urea groups is 1. The zero-order valence-corrected chi connectivity index (χ0v) is 14.1. The first-order valence-corrected chi connectivity index (χ1v) is 7.50. The van der Waals surface area contributed by atoms with Crippen LogP contribution >= 0.6 is 0 Å². The van der Waals surface area contributed by atoms with Crippen molar-refractivity contribution in [2.45, 2.75) is 19.9 Å². The number of hydrogen-bond donors (Lipinski definition) is 2. The Labute approximate surface area is 140 Å². The molecule has 8 nitrogen and oxygen atoms in total. The SMILES string of the molecule is COc1cc(NC(=O)CN2C(=O)N[C@@H](C(C)C)C2=O)cc(OC)c1. The maximum atomic E-state index is 12.2. The van der Waals surface area contributed by atoms with Crippen LogP contribution in [0.15, 0.2) is 18.2 Å². The van der Waals surface area contributed by atoms with E-state index in [4.69, 9.17) is 9.47 Å². The Bertz CT molecular complexity index is 637. The molecule has 0 unspecified atom stereocenters. The van der Waals surface area contributed by atoms with Crippen molar-refractivity contribution in [3.05, 3.63) is 18.2 Å². The molecule has 2 N–H and O–H groups in total. The molecule has 8 heteroatoms. The van der Waals surface area contributed by atoms with Crippen LogP contribution < -0.4 is 20.1 Å². The molecular formula is C16H21N3O5. The third-order valence-electron chi connectivity index (χ3n) is 3.66. The molecule has 0 radical (unpaired) electrons. The molecule has 24 heavy (non-hydrogen) atoms. The molecule has 1 aliphatic rings. The van der Waals surface area contributed by atoms with Crippen LogP contribution in [0.5, 0.6) is 11.5 Å². The van der Waals surface area contributed by atoms with E-state index >= 15 is 0 Å². The number of nitrogens with zero attached hydrogens (tertiary/aromatic N) is 1. The number of carbonyl (C=O) groups is 3. The average Bonchev–Trinajstić information content (AvgIpc) is 2.82. The van der Waals surface area contributed by atoms with Crippen LogP contribution in [0.1, 0.15) is 13.8 Å². The Kier molecular flexibility index (Phi) is 5.28. The number of benzene rings is 1. The predicted octanol–water partition coefficient (Wildman–Crippen LogP) is 1.22. The number of rotatable bonds is 6. The van der Waals surface area contributed by atoms with E-state index in [2.05, 4.69) is 10.6 Å². The van der Waals surface area contributed by atoms with Crippen molar-refractivity contribution in [3.8, 4) is 11.5 Å². The Hall–Kier alpha value is -2.77. The number of nitrogens with one attached hydrogen (secondary N) is 2. The molecule has 0 spiro atoms. The van der Waals surface area contributed by atoms with Crippen LogP contribution in [0.3, 0.4) is 0 Å². The van der Waals surface area contributed by atoms with Gasteiger partial charge in [0, 0.05) is 23.9 Å². The van der Waals surface area contributed by atoms with Gasteiger partial charge in [0.15, 0.2) is 0 Å². The Morgan fingerprint density at radius 1 is 1.21 bits per heavy atom. The van der Waals surface area contributed by atoms with Gasteiger partial charge in [-0.05, 0) is 5.92 Å². The summed E-state index contributed by atoms with van der Waals surface area (Å²) in [6.07, 6.45) is 0. The minimum atomic E-state index is -0.595. The minimum Gasteiger partial charge on any atom is -0.497 e. The lowest BCUT2D eigenvalue weighted by Gasteiger charge is -2.15. The van der Waals surface area contributed by atoms with Crippen LogP contribution in [0.25, 0.3) is 0 Å². The second-order valence-electron chi connectivity index (χ2n) is 5.75. The van der Waals surface area contributed by atoms with Gasteiger partial charge in [0.25, 0.3) is 5.91 Å². The van der Waals surface area contributed by atoms with Crippen LogP contribution in [-0.2, 0) is 9.59 Å². The van der Waals surface area contributed by atoms with E-state index in [1.54, 1.807) is 18.2 Å². The molecule has 0 saturated carbocycles. The number of amides is 4. The Balaban J connectivity index is 2.06. The fourth-order valence-electron chi connectivity index (χ4n) is 2.37. The average molecular weight is 335 g/mol. The van der Waals surface area contributed by atoms with Crippen LogP contribution in [0, 0.1) is 5.92 Å². The smallest absolute Gasteiger partial charge is 0.325 e. The van der Waals surface area contributed by atoms with Crippen molar-refractivity contribution in [1.82, 2.24) is 10.2 Å². The van der Waals surface area contributed by atoms with Gasteiger partial charge >= 0.3 is 6.03 Å². The van der Waals surface area contributed by atoms with Gasteiger partial charge in [-0.15, -0.1) is 0 Å². The molecule has 0 aliphatic carbocycles. The van der Waals surface area contributed by atoms with Gasteiger partial charge in [-0.2, -0.15) is 0 Å². The van der Waals surface area contributed by atoms with Crippen molar-refractivity contribution in [1.29, 1.82) is 0 Å². The van der Waals surface area contributed by atoms with Gasteiger partial charge in [0.2, 0.25) is 5.91 Å². The summed E-state index contributed by atoms with van der Waals surface area (Å²) in [6, 6.07) is 3.74. The highest BCUT2D eigenvalue weighted by molar-refractivity contribution is 6.08. The van der Waals surface area contributed by atoms with Crippen molar-refractivity contribution in [2.75, 3.05) is 26.1 Å². The number of hydrogen-bond acceptors (Lipinski definition) is 5. The number of ether oxygens (including phenoxy) is 2. The van der Waals surface area contributed by atoms with Gasteiger partial charge in [0.05, 0.1) is 14.2 Å². The monoisotopic (exact) mass is 335 g/mol. The summed E-state index contributed by atoms with van der Waals surface area (Å²) in [5, 5.41) is 5.21. The summed E-state index contributed by atoms with van der Waals surface area (Å²) in [4.78, 5) is 37.1. The largest absolute Gasteiger partial charge is 0.497 e. The van der Waals surface area contributed by atoms with Gasteiger partial charge in [-0.25, -0.2) is 4.79 Å². The molecule has 1 fully saturated rings. The minimum absolute atomic E-state index is 0.0443. The van der Waals surface area contributed by atoms with Crippen molar-refractivity contribution >= 4 is 23.5 Å². The van der Waals surface area contributed by atoms with E-state index in [1.807, 2.05) is 13.8 Å². The molecule has 1 aliphatic heterocycles. The predicted molar refractivity (Wildman–Crippen MR) is 87.0 cm³/mol. The third kappa shape index (κ3) is 3.76. The molecule has 1 saturated heterocycles. The van der Waals surface area contributed by atoms with E-state index < -0.39 is 23.9 Å². The molecule has 0 aromatic heterocycles. The summed E-state index contributed by atoms with van der Waals surface area (Å²) < 4.78 is 10.3. The summed E-state index contributed by atoms with van der Waals surface area (Å²) in [5.41, 5.74) is 0.448.